The van der Waals surface area contributed by atoms with E-state index < -0.39 is 0 Å². The molecule has 0 aromatic heterocycles. The highest BCUT2D eigenvalue weighted by Gasteiger charge is 2.09. The van der Waals surface area contributed by atoms with Crippen LogP contribution < -0.4 is 10.2 Å². The fraction of sp³-hybridized carbons (Fsp3) is 0.400. The van der Waals surface area contributed by atoms with Crippen LogP contribution in [-0.4, -0.2) is 26.2 Å². The van der Waals surface area contributed by atoms with Crippen LogP contribution in [-0.2, 0) is 0 Å². The quantitative estimate of drug-likeness (QED) is 0.799. The SMILES string of the molecule is Cl.Clc1ccc(N2CCNCC2)cc1. The van der Waals surface area contributed by atoms with Crippen molar-refractivity contribution in [2.24, 2.45) is 0 Å². The van der Waals surface area contributed by atoms with E-state index in [1.165, 1.54) is 5.69 Å². The normalized spacial score (nSPS) is 16.2. The van der Waals surface area contributed by atoms with Gasteiger partial charge in [-0.3, -0.25) is 0 Å². The molecular formula is C10H14Cl2N2. The summed E-state index contributed by atoms with van der Waals surface area (Å²) >= 11 is 5.82. The first kappa shape index (κ1) is 11.6. The van der Waals surface area contributed by atoms with Gasteiger partial charge in [-0.25, -0.2) is 0 Å². The van der Waals surface area contributed by atoms with Crippen LogP contribution >= 0.6 is 24.0 Å². The van der Waals surface area contributed by atoms with Crippen molar-refractivity contribution >= 4 is 29.7 Å². The lowest BCUT2D eigenvalue weighted by Crippen LogP contribution is -2.43. The summed E-state index contributed by atoms with van der Waals surface area (Å²) in [5.41, 5.74) is 1.27. The first-order valence-electron chi connectivity index (χ1n) is 4.57. The zero-order chi connectivity index (χ0) is 9.10. The average molecular weight is 233 g/mol. The lowest BCUT2D eigenvalue weighted by atomic mass is 10.2. The summed E-state index contributed by atoms with van der Waals surface area (Å²) < 4.78 is 0. The second-order valence-electron chi connectivity index (χ2n) is 3.21. The number of anilines is 1. The monoisotopic (exact) mass is 232 g/mol. The van der Waals surface area contributed by atoms with E-state index in [1.54, 1.807) is 0 Å². The van der Waals surface area contributed by atoms with Crippen LogP contribution in [0.4, 0.5) is 5.69 Å². The lowest BCUT2D eigenvalue weighted by molar-refractivity contribution is 0.589. The molecule has 0 radical (unpaired) electrons. The number of hydrogen-bond donors (Lipinski definition) is 1. The zero-order valence-electron chi connectivity index (χ0n) is 7.87. The van der Waals surface area contributed by atoms with E-state index in [-0.39, 0.29) is 12.4 Å². The number of rotatable bonds is 1. The summed E-state index contributed by atoms with van der Waals surface area (Å²) in [6.45, 7) is 4.31. The Labute approximate surface area is 95.7 Å². The number of hydrogen-bond acceptors (Lipinski definition) is 2. The van der Waals surface area contributed by atoms with Gasteiger partial charge in [0.1, 0.15) is 0 Å². The molecule has 1 fully saturated rings. The Morgan fingerprint density at radius 1 is 1.07 bits per heavy atom. The Balaban J connectivity index is 0.000000980. The fourth-order valence-corrected chi connectivity index (χ4v) is 1.70. The summed E-state index contributed by atoms with van der Waals surface area (Å²) in [4.78, 5) is 2.37. The molecule has 0 atom stereocenters. The molecular weight excluding hydrogens is 219 g/mol. The molecule has 0 amide bonds. The molecule has 78 valence electrons. The van der Waals surface area contributed by atoms with Gasteiger partial charge in [0, 0.05) is 36.9 Å². The largest absolute Gasteiger partial charge is 0.369 e. The summed E-state index contributed by atoms with van der Waals surface area (Å²) in [5, 5.41) is 4.13. The Morgan fingerprint density at radius 3 is 2.21 bits per heavy atom. The third-order valence-corrected chi connectivity index (χ3v) is 2.56. The lowest BCUT2D eigenvalue weighted by Gasteiger charge is -2.29. The Morgan fingerprint density at radius 2 is 1.64 bits per heavy atom. The van der Waals surface area contributed by atoms with Crippen LogP contribution in [0.2, 0.25) is 5.02 Å². The predicted molar refractivity (Wildman–Crippen MR) is 63.8 cm³/mol. The topological polar surface area (TPSA) is 15.3 Å². The van der Waals surface area contributed by atoms with E-state index in [9.17, 15) is 0 Å². The molecule has 1 aromatic carbocycles. The second-order valence-corrected chi connectivity index (χ2v) is 3.65. The average Bonchev–Trinajstić information content (AvgIpc) is 2.20. The maximum atomic E-state index is 5.82. The van der Waals surface area contributed by atoms with Crippen molar-refractivity contribution in [2.75, 3.05) is 31.1 Å². The molecule has 2 nitrogen and oxygen atoms in total. The molecule has 1 N–H and O–H groups in total. The van der Waals surface area contributed by atoms with E-state index in [4.69, 9.17) is 11.6 Å². The van der Waals surface area contributed by atoms with Crippen molar-refractivity contribution in [1.82, 2.24) is 5.32 Å². The molecule has 1 heterocycles. The Hall–Kier alpha value is -0.440. The van der Waals surface area contributed by atoms with Crippen molar-refractivity contribution < 1.29 is 0 Å². The minimum absolute atomic E-state index is 0. The van der Waals surface area contributed by atoms with Gasteiger partial charge in [-0.2, -0.15) is 0 Å². The van der Waals surface area contributed by atoms with E-state index >= 15 is 0 Å². The van der Waals surface area contributed by atoms with Crippen LogP contribution in [0.1, 0.15) is 0 Å². The van der Waals surface area contributed by atoms with Crippen LogP contribution in [0.15, 0.2) is 24.3 Å². The van der Waals surface area contributed by atoms with Gasteiger partial charge in [-0.15, -0.1) is 12.4 Å². The molecule has 1 aliphatic rings. The standard InChI is InChI=1S/C10H13ClN2.ClH/c11-9-1-3-10(4-2-9)13-7-5-12-6-8-13;/h1-4,12H,5-8H2;1H. The molecule has 1 aromatic rings. The Bertz CT molecular complexity index is 268. The minimum atomic E-state index is 0. The fourth-order valence-electron chi connectivity index (χ4n) is 1.57. The summed E-state index contributed by atoms with van der Waals surface area (Å²) in [6, 6.07) is 8.04. The highest BCUT2D eigenvalue weighted by Crippen LogP contribution is 2.17. The predicted octanol–water partition coefficient (Wildman–Crippen LogP) is 2.17. The van der Waals surface area contributed by atoms with Crippen molar-refractivity contribution in [2.45, 2.75) is 0 Å². The van der Waals surface area contributed by atoms with Gasteiger partial charge in [0.15, 0.2) is 0 Å². The minimum Gasteiger partial charge on any atom is -0.369 e. The molecule has 0 bridgehead atoms. The second kappa shape index (κ2) is 5.44. The Kier molecular flexibility index (Phi) is 4.52. The van der Waals surface area contributed by atoms with Gasteiger partial charge < -0.3 is 10.2 Å². The maximum absolute atomic E-state index is 5.82. The third-order valence-electron chi connectivity index (χ3n) is 2.31. The number of nitrogens with one attached hydrogen (secondary N) is 1. The number of benzene rings is 1. The smallest absolute Gasteiger partial charge is 0.0407 e. The zero-order valence-corrected chi connectivity index (χ0v) is 9.44. The molecule has 14 heavy (non-hydrogen) atoms. The number of piperazine rings is 1. The van der Waals surface area contributed by atoms with Crippen molar-refractivity contribution in [1.29, 1.82) is 0 Å². The first-order chi connectivity index (χ1) is 6.36. The first-order valence-corrected chi connectivity index (χ1v) is 4.95. The molecule has 4 heteroatoms. The van der Waals surface area contributed by atoms with Gasteiger partial charge >= 0.3 is 0 Å². The van der Waals surface area contributed by atoms with Gasteiger partial charge in [0.2, 0.25) is 0 Å². The van der Waals surface area contributed by atoms with E-state index in [2.05, 4.69) is 22.3 Å². The van der Waals surface area contributed by atoms with Crippen molar-refractivity contribution in [3.05, 3.63) is 29.3 Å². The van der Waals surface area contributed by atoms with E-state index in [0.717, 1.165) is 31.2 Å². The van der Waals surface area contributed by atoms with Gasteiger partial charge in [0.05, 0.1) is 0 Å². The highest BCUT2D eigenvalue weighted by atomic mass is 35.5. The molecule has 0 unspecified atom stereocenters. The van der Waals surface area contributed by atoms with E-state index in [1.807, 2.05) is 12.1 Å². The van der Waals surface area contributed by atoms with E-state index in [0.29, 0.717) is 0 Å². The van der Waals surface area contributed by atoms with Crippen molar-refractivity contribution in [3.63, 3.8) is 0 Å². The number of nitrogens with zero attached hydrogens (tertiary/aromatic N) is 1. The van der Waals surface area contributed by atoms with Crippen LogP contribution in [0, 0.1) is 0 Å². The van der Waals surface area contributed by atoms with Gasteiger partial charge in [0.25, 0.3) is 0 Å². The van der Waals surface area contributed by atoms with Crippen LogP contribution in [0.5, 0.6) is 0 Å². The molecule has 0 spiro atoms. The van der Waals surface area contributed by atoms with Gasteiger partial charge in [-0.05, 0) is 24.3 Å². The summed E-state index contributed by atoms with van der Waals surface area (Å²) in [5.74, 6) is 0. The molecule has 0 aliphatic carbocycles. The summed E-state index contributed by atoms with van der Waals surface area (Å²) in [7, 11) is 0. The maximum Gasteiger partial charge on any atom is 0.0407 e. The molecule has 0 saturated carbocycles. The van der Waals surface area contributed by atoms with Crippen molar-refractivity contribution in [3.8, 4) is 0 Å². The summed E-state index contributed by atoms with van der Waals surface area (Å²) in [6.07, 6.45) is 0. The molecule has 1 aliphatic heterocycles. The molecule has 2 rings (SSSR count). The van der Waals surface area contributed by atoms with Crippen LogP contribution in [0.3, 0.4) is 0 Å². The molecule has 1 saturated heterocycles. The highest BCUT2D eigenvalue weighted by molar-refractivity contribution is 6.30. The third kappa shape index (κ3) is 2.77. The van der Waals surface area contributed by atoms with Gasteiger partial charge in [-0.1, -0.05) is 11.6 Å². The van der Waals surface area contributed by atoms with Crippen LogP contribution in [0.25, 0.3) is 0 Å². The number of halogens is 2.